The molecule has 0 radical (unpaired) electrons. The normalized spacial score (nSPS) is 15.0. The third-order valence-corrected chi connectivity index (χ3v) is 3.78. The van der Waals surface area contributed by atoms with E-state index in [0.29, 0.717) is 5.92 Å². The van der Waals surface area contributed by atoms with Gasteiger partial charge in [-0.05, 0) is 26.7 Å². The van der Waals surface area contributed by atoms with Gasteiger partial charge in [-0.1, -0.05) is 11.3 Å². The lowest BCUT2D eigenvalue weighted by molar-refractivity contribution is 0.853. The summed E-state index contributed by atoms with van der Waals surface area (Å²) in [5.41, 5.74) is 1.05. The molecule has 0 aliphatic heterocycles. The highest BCUT2D eigenvalue weighted by atomic mass is 32.1. The zero-order chi connectivity index (χ0) is 10.8. The molecule has 1 saturated carbocycles. The van der Waals surface area contributed by atoms with Crippen molar-refractivity contribution >= 4 is 16.5 Å². The van der Waals surface area contributed by atoms with Crippen LogP contribution in [0.15, 0.2) is 0 Å². The van der Waals surface area contributed by atoms with Crippen LogP contribution in [0.2, 0.25) is 0 Å². The molecule has 4 heteroatoms. The average molecular weight is 221 g/mol. The van der Waals surface area contributed by atoms with Gasteiger partial charge in [0.15, 0.2) is 5.13 Å². The van der Waals surface area contributed by atoms with Gasteiger partial charge in [0.25, 0.3) is 0 Å². The van der Waals surface area contributed by atoms with Crippen molar-refractivity contribution in [3.8, 4) is 6.07 Å². The molecule has 15 heavy (non-hydrogen) atoms. The second-order valence-corrected chi connectivity index (χ2v) is 4.75. The number of nitriles is 1. The van der Waals surface area contributed by atoms with Gasteiger partial charge in [0.05, 0.1) is 5.69 Å². The highest BCUT2D eigenvalue weighted by Gasteiger charge is 2.30. The maximum absolute atomic E-state index is 9.04. The van der Waals surface area contributed by atoms with E-state index in [1.807, 2.05) is 0 Å². The molecule has 1 heterocycles. The summed E-state index contributed by atoms with van der Waals surface area (Å²) < 4.78 is 0. The quantitative estimate of drug-likeness (QED) is 0.785. The number of rotatable bonds is 4. The fourth-order valence-electron chi connectivity index (χ4n) is 1.66. The van der Waals surface area contributed by atoms with Crippen LogP contribution in [0.5, 0.6) is 0 Å². The van der Waals surface area contributed by atoms with E-state index < -0.39 is 0 Å². The molecule has 2 rings (SSSR count). The Morgan fingerprint density at radius 1 is 1.47 bits per heavy atom. The van der Waals surface area contributed by atoms with Crippen molar-refractivity contribution < 1.29 is 0 Å². The molecule has 1 aliphatic carbocycles. The van der Waals surface area contributed by atoms with Gasteiger partial charge >= 0.3 is 0 Å². The molecule has 0 bridgehead atoms. The predicted molar refractivity (Wildman–Crippen MR) is 62.4 cm³/mol. The standard InChI is InChI=1S/C11H15N3S/c1-3-14(4-2)11-13-10(8-5-6-8)9(7-12)15-11/h8H,3-6H2,1-2H3. The number of aromatic nitrogens is 1. The molecule has 3 nitrogen and oxygen atoms in total. The lowest BCUT2D eigenvalue weighted by Crippen LogP contribution is -2.21. The van der Waals surface area contributed by atoms with Gasteiger partial charge in [-0.3, -0.25) is 0 Å². The van der Waals surface area contributed by atoms with E-state index in [-0.39, 0.29) is 0 Å². The Labute approximate surface area is 94.4 Å². The summed E-state index contributed by atoms with van der Waals surface area (Å²) in [5.74, 6) is 0.570. The van der Waals surface area contributed by atoms with Gasteiger partial charge in [-0.2, -0.15) is 5.26 Å². The van der Waals surface area contributed by atoms with Gasteiger partial charge in [-0.15, -0.1) is 0 Å². The average Bonchev–Trinajstić information content (AvgIpc) is 3.01. The Hall–Kier alpha value is -1.08. The lowest BCUT2D eigenvalue weighted by Gasteiger charge is -2.16. The van der Waals surface area contributed by atoms with Gasteiger partial charge < -0.3 is 4.90 Å². The Bertz CT molecular complexity index is 383. The SMILES string of the molecule is CCN(CC)c1nc(C2CC2)c(C#N)s1. The van der Waals surface area contributed by atoms with Crippen LogP contribution >= 0.6 is 11.3 Å². The molecule has 0 unspecified atom stereocenters. The van der Waals surface area contributed by atoms with E-state index in [1.165, 1.54) is 24.2 Å². The van der Waals surface area contributed by atoms with E-state index >= 15 is 0 Å². The minimum absolute atomic E-state index is 0.570. The third-order valence-electron chi connectivity index (χ3n) is 2.74. The van der Waals surface area contributed by atoms with Crippen LogP contribution in [0.25, 0.3) is 0 Å². The fourth-order valence-corrected chi connectivity index (χ4v) is 2.74. The summed E-state index contributed by atoms with van der Waals surface area (Å²) in [6.45, 7) is 6.15. The van der Waals surface area contributed by atoms with E-state index in [2.05, 4.69) is 29.8 Å². The second kappa shape index (κ2) is 4.19. The van der Waals surface area contributed by atoms with Crippen molar-refractivity contribution in [2.24, 2.45) is 0 Å². The summed E-state index contributed by atoms with van der Waals surface area (Å²) in [6, 6.07) is 2.27. The number of nitrogens with zero attached hydrogens (tertiary/aromatic N) is 3. The summed E-state index contributed by atoms with van der Waals surface area (Å²) in [5, 5.41) is 10.0. The van der Waals surface area contributed by atoms with Crippen molar-refractivity contribution in [3.05, 3.63) is 10.6 Å². The van der Waals surface area contributed by atoms with Gasteiger partial charge in [0.2, 0.25) is 0 Å². The molecule has 1 aliphatic rings. The summed E-state index contributed by atoms with van der Waals surface area (Å²) in [6.07, 6.45) is 2.41. The highest BCUT2D eigenvalue weighted by molar-refractivity contribution is 7.16. The maximum Gasteiger partial charge on any atom is 0.186 e. The van der Waals surface area contributed by atoms with Crippen LogP contribution < -0.4 is 4.90 Å². The van der Waals surface area contributed by atoms with Crippen molar-refractivity contribution in [1.29, 1.82) is 5.26 Å². The minimum atomic E-state index is 0.570. The number of hydrogen-bond acceptors (Lipinski definition) is 4. The molecule has 1 aromatic heterocycles. The van der Waals surface area contributed by atoms with Crippen LogP contribution in [0.4, 0.5) is 5.13 Å². The molecule has 80 valence electrons. The van der Waals surface area contributed by atoms with E-state index in [1.54, 1.807) is 0 Å². The van der Waals surface area contributed by atoms with Crippen LogP contribution in [-0.2, 0) is 0 Å². The van der Waals surface area contributed by atoms with Gasteiger partial charge in [0, 0.05) is 19.0 Å². The Morgan fingerprint density at radius 3 is 2.60 bits per heavy atom. The zero-order valence-electron chi connectivity index (χ0n) is 9.16. The molecule has 0 aromatic carbocycles. The Morgan fingerprint density at radius 2 is 2.13 bits per heavy atom. The number of hydrogen-bond donors (Lipinski definition) is 0. The maximum atomic E-state index is 9.04. The highest BCUT2D eigenvalue weighted by Crippen LogP contribution is 2.43. The van der Waals surface area contributed by atoms with Gasteiger partial charge in [0.1, 0.15) is 10.9 Å². The summed E-state index contributed by atoms with van der Waals surface area (Å²) in [4.78, 5) is 7.63. The molecular formula is C11H15N3S. The largest absolute Gasteiger partial charge is 0.349 e. The fraction of sp³-hybridized carbons (Fsp3) is 0.636. The minimum Gasteiger partial charge on any atom is -0.349 e. The summed E-state index contributed by atoms with van der Waals surface area (Å²) >= 11 is 1.54. The first kappa shape index (κ1) is 10.4. The van der Waals surface area contributed by atoms with E-state index in [0.717, 1.165) is 28.8 Å². The first-order valence-corrected chi connectivity index (χ1v) is 6.27. The van der Waals surface area contributed by atoms with Crippen molar-refractivity contribution in [1.82, 2.24) is 4.98 Å². The van der Waals surface area contributed by atoms with Crippen LogP contribution in [-0.4, -0.2) is 18.1 Å². The first-order chi connectivity index (χ1) is 7.30. The molecule has 0 spiro atoms. The monoisotopic (exact) mass is 221 g/mol. The van der Waals surface area contributed by atoms with E-state index in [4.69, 9.17) is 5.26 Å². The molecule has 1 aromatic rings. The molecule has 0 N–H and O–H groups in total. The van der Waals surface area contributed by atoms with Crippen LogP contribution in [0.1, 0.15) is 43.2 Å². The number of thiazole rings is 1. The predicted octanol–water partition coefficient (Wildman–Crippen LogP) is 2.74. The van der Waals surface area contributed by atoms with Gasteiger partial charge in [-0.25, -0.2) is 4.98 Å². The van der Waals surface area contributed by atoms with Crippen LogP contribution in [0.3, 0.4) is 0 Å². The van der Waals surface area contributed by atoms with Crippen molar-refractivity contribution in [2.75, 3.05) is 18.0 Å². The molecule has 0 saturated heterocycles. The molecule has 1 fully saturated rings. The second-order valence-electron chi connectivity index (χ2n) is 3.77. The smallest absolute Gasteiger partial charge is 0.186 e. The lowest BCUT2D eigenvalue weighted by atomic mass is 10.3. The summed E-state index contributed by atoms with van der Waals surface area (Å²) in [7, 11) is 0. The topological polar surface area (TPSA) is 39.9 Å². The molecule has 0 atom stereocenters. The first-order valence-electron chi connectivity index (χ1n) is 5.45. The zero-order valence-corrected chi connectivity index (χ0v) is 9.97. The van der Waals surface area contributed by atoms with Crippen molar-refractivity contribution in [3.63, 3.8) is 0 Å². The number of anilines is 1. The van der Waals surface area contributed by atoms with E-state index in [9.17, 15) is 0 Å². The molecule has 0 amide bonds. The third kappa shape index (κ3) is 1.98. The van der Waals surface area contributed by atoms with Crippen LogP contribution in [0, 0.1) is 11.3 Å². The Balaban J connectivity index is 2.30. The molecular weight excluding hydrogens is 206 g/mol. The Kier molecular flexibility index (Phi) is 2.92. The van der Waals surface area contributed by atoms with Crippen molar-refractivity contribution in [2.45, 2.75) is 32.6 Å².